The van der Waals surface area contributed by atoms with Gasteiger partial charge in [0.1, 0.15) is 43.4 Å². The second-order valence-electron chi connectivity index (χ2n) is 14.4. The van der Waals surface area contributed by atoms with Crippen LogP contribution >= 0.6 is 11.6 Å². The summed E-state index contributed by atoms with van der Waals surface area (Å²) >= 11 is 6.47. The number of ether oxygens (including phenoxy) is 2. The number of aliphatic hydroxyl groups is 1. The number of carbonyl (C=O) groups excluding carboxylic acids is 6. The number of halogens is 1. The number of nitrogens with one attached hydrogen (secondary N) is 5. The molecular formula is C38H49ClN6O9. The molecule has 2 fully saturated rings. The van der Waals surface area contributed by atoms with E-state index in [9.17, 15) is 33.9 Å². The first-order chi connectivity index (χ1) is 25.8. The van der Waals surface area contributed by atoms with Crippen LogP contribution in [0.5, 0.6) is 11.5 Å². The van der Waals surface area contributed by atoms with Crippen molar-refractivity contribution in [2.45, 2.75) is 95.6 Å². The number of rotatable bonds is 7. The maximum Gasteiger partial charge on any atom is 0.245 e. The molecule has 6 N–H and O–H groups in total. The minimum atomic E-state index is -1.15. The Balaban J connectivity index is 1.42. The number of carbonyl (C=O) groups is 6. The summed E-state index contributed by atoms with van der Waals surface area (Å²) in [6.45, 7) is 5.94. The van der Waals surface area contributed by atoms with Gasteiger partial charge in [-0.25, -0.2) is 0 Å². The van der Waals surface area contributed by atoms with Gasteiger partial charge in [-0.2, -0.15) is 0 Å². The van der Waals surface area contributed by atoms with Crippen LogP contribution in [0.4, 0.5) is 0 Å². The van der Waals surface area contributed by atoms with Crippen LogP contribution in [-0.4, -0.2) is 108 Å². The molecule has 6 atom stereocenters. The molecular weight excluding hydrogens is 720 g/mol. The zero-order valence-electron chi connectivity index (χ0n) is 30.7. The van der Waals surface area contributed by atoms with Crippen molar-refractivity contribution in [3.8, 4) is 11.5 Å². The molecule has 54 heavy (non-hydrogen) atoms. The topological polar surface area (TPSA) is 204 Å². The van der Waals surface area contributed by atoms with Crippen LogP contribution in [0.25, 0.3) is 0 Å². The van der Waals surface area contributed by atoms with E-state index >= 15 is 0 Å². The third-order valence-electron chi connectivity index (χ3n) is 9.53. The van der Waals surface area contributed by atoms with Crippen molar-refractivity contribution >= 4 is 47.0 Å². The largest absolute Gasteiger partial charge is 0.486 e. The van der Waals surface area contributed by atoms with Crippen LogP contribution in [0.15, 0.2) is 42.5 Å². The lowest BCUT2D eigenvalue weighted by molar-refractivity contribution is -0.141. The van der Waals surface area contributed by atoms with Crippen LogP contribution in [-0.2, 0) is 41.6 Å². The van der Waals surface area contributed by atoms with E-state index < -0.39 is 71.8 Å². The number of hydrogen-bond donors (Lipinski definition) is 6. The van der Waals surface area contributed by atoms with Gasteiger partial charge in [-0.1, -0.05) is 55.8 Å². The minimum absolute atomic E-state index is 0.0105. The zero-order chi connectivity index (χ0) is 38.9. The molecule has 292 valence electrons. The van der Waals surface area contributed by atoms with Crippen LogP contribution in [0.2, 0.25) is 5.02 Å². The molecule has 15 nitrogen and oxygen atoms in total. The van der Waals surface area contributed by atoms with Crippen molar-refractivity contribution in [2.24, 2.45) is 5.92 Å². The Morgan fingerprint density at radius 3 is 2.31 bits per heavy atom. The molecule has 0 saturated carbocycles. The van der Waals surface area contributed by atoms with Crippen molar-refractivity contribution in [2.75, 3.05) is 26.3 Å². The third kappa shape index (κ3) is 10.6. The summed E-state index contributed by atoms with van der Waals surface area (Å²) in [7, 11) is 0. The molecule has 2 saturated heterocycles. The summed E-state index contributed by atoms with van der Waals surface area (Å²) in [6.07, 6.45) is -0.528. The summed E-state index contributed by atoms with van der Waals surface area (Å²) < 4.78 is 11.2. The van der Waals surface area contributed by atoms with Gasteiger partial charge in [0.05, 0.1) is 12.5 Å². The molecule has 0 aromatic heterocycles. The summed E-state index contributed by atoms with van der Waals surface area (Å²) in [6, 6.07) is 6.80. The summed E-state index contributed by atoms with van der Waals surface area (Å²) in [5, 5.41) is 24.5. The lowest BCUT2D eigenvalue weighted by Crippen LogP contribution is -2.59. The standard InChI is InChI=1S/C38H49ClN6O9/c1-21(2)14-28-35(49)41-22(3)38(52)45-20-25(46)18-30(45)37(51)40-11-7-10-27(34(48)44-29(36(50)43-28)15-23-8-5-4-6-9-23)42-33(47)17-24-16-31-32(19-26(24)39)54-13-12-53-31/h4-6,8-9,16,19,21-22,25,27-30,46H,7,10-15,17-18,20H2,1-3H3,(H,40,51)(H,41,49)(H,42,47)(H,43,50)(H,44,48)/t22-,25+,27-,28-,29+,30-/m0/s1. The highest BCUT2D eigenvalue weighted by Crippen LogP contribution is 2.35. The predicted molar refractivity (Wildman–Crippen MR) is 198 cm³/mol. The Labute approximate surface area is 319 Å². The average Bonchev–Trinajstić information content (AvgIpc) is 3.53. The van der Waals surface area contributed by atoms with E-state index in [0.717, 1.165) is 5.56 Å². The monoisotopic (exact) mass is 768 g/mol. The molecule has 0 unspecified atom stereocenters. The van der Waals surface area contributed by atoms with E-state index in [1.54, 1.807) is 36.4 Å². The van der Waals surface area contributed by atoms with Crippen molar-refractivity contribution < 1.29 is 43.3 Å². The number of aliphatic hydroxyl groups excluding tert-OH is 1. The zero-order valence-corrected chi connectivity index (χ0v) is 31.4. The van der Waals surface area contributed by atoms with Gasteiger partial charge >= 0.3 is 0 Å². The Hall–Kier alpha value is -4.89. The Morgan fingerprint density at radius 2 is 1.61 bits per heavy atom. The van der Waals surface area contributed by atoms with Crippen LogP contribution in [0.1, 0.15) is 57.6 Å². The molecule has 3 aliphatic rings. The number of hydrogen-bond acceptors (Lipinski definition) is 9. The Kier molecular flexibility index (Phi) is 13.8. The first-order valence-corrected chi connectivity index (χ1v) is 18.8. The first kappa shape index (κ1) is 40.3. The van der Waals surface area contributed by atoms with Crippen LogP contribution < -0.4 is 36.1 Å². The highest BCUT2D eigenvalue weighted by atomic mass is 35.5. The van der Waals surface area contributed by atoms with Crippen molar-refractivity contribution in [1.82, 2.24) is 31.5 Å². The molecule has 0 spiro atoms. The van der Waals surface area contributed by atoms with E-state index in [1.165, 1.54) is 11.8 Å². The molecule has 16 heteroatoms. The van der Waals surface area contributed by atoms with E-state index in [4.69, 9.17) is 21.1 Å². The van der Waals surface area contributed by atoms with Crippen molar-refractivity contribution in [3.05, 3.63) is 58.6 Å². The maximum atomic E-state index is 14.0. The second-order valence-corrected chi connectivity index (χ2v) is 14.8. The van der Waals surface area contributed by atoms with Gasteiger partial charge in [-0.15, -0.1) is 0 Å². The van der Waals surface area contributed by atoms with E-state index in [-0.39, 0.29) is 62.6 Å². The van der Waals surface area contributed by atoms with Crippen LogP contribution in [0.3, 0.4) is 0 Å². The van der Waals surface area contributed by atoms with E-state index in [1.807, 2.05) is 19.9 Å². The highest BCUT2D eigenvalue weighted by Gasteiger charge is 2.41. The van der Waals surface area contributed by atoms with Gasteiger partial charge in [0.2, 0.25) is 35.4 Å². The summed E-state index contributed by atoms with van der Waals surface area (Å²) in [5.41, 5.74) is 1.19. The number of benzene rings is 2. The molecule has 0 bridgehead atoms. The Bertz CT molecular complexity index is 1710. The molecule has 2 aromatic carbocycles. The normalized spacial score (nSPS) is 25.7. The number of nitrogens with zero attached hydrogens (tertiary/aromatic N) is 1. The fourth-order valence-electron chi connectivity index (χ4n) is 6.80. The van der Waals surface area contributed by atoms with E-state index in [0.29, 0.717) is 30.3 Å². The van der Waals surface area contributed by atoms with Gasteiger partial charge in [-0.05, 0) is 49.3 Å². The van der Waals surface area contributed by atoms with Gasteiger partial charge in [0, 0.05) is 37.0 Å². The third-order valence-corrected chi connectivity index (χ3v) is 9.88. The quantitative estimate of drug-likeness (QED) is 0.235. The van der Waals surface area contributed by atoms with E-state index in [2.05, 4.69) is 26.6 Å². The lowest BCUT2D eigenvalue weighted by Gasteiger charge is -2.29. The van der Waals surface area contributed by atoms with Gasteiger partial charge < -0.3 is 46.1 Å². The number of amides is 6. The smallest absolute Gasteiger partial charge is 0.245 e. The molecule has 6 amide bonds. The molecule has 3 heterocycles. The minimum Gasteiger partial charge on any atom is -0.486 e. The lowest BCUT2D eigenvalue weighted by atomic mass is 10.00. The van der Waals surface area contributed by atoms with Gasteiger partial charge in [0.25, 0.3) is 0 Å². The van der Waals surface area contributed by atoms with Gasteiger partial charge in [-0.3, -0.25) is 28.8 Å². The fraction of sp³-hybridized carbons (Fsp3) is 0.526. The molecule has 5 rings (SSSR count). The first-order valence-electron chi connectivity index (χ1n) is 18.4. The molecule has 0 aliphatic carbocycles. The molecule has 0 radical (unpaired) electrons. The number of fused-ring (bicyclic) bond motifs is 2. The average molecular weight is 769 g/mol. The molecule has 2 aromatic rings. The fourth-order valence-corrected chi connectivity index (χ4v) is 7.02. The SMILES string of the molecule is CC(C)C[C@@H]1NC(=O)[C@@H](Cc2ccccc2)NC(=O)[C@@H](NC(=O)Cc2cc3c(cc2Cl)OCCO3)CCCNC(=O)[C@@H]2C[C@@H](O)CN2C(=O)[C@H](C)NC1=O. The predicted octanol–water partition coefficient (Wildman–Crippen LogP) is 0.773. The van der Waals surface area contributed by atoms with Gasteiger partial charge in [0.15, 0.2) is 11.5 Å². The summed E-state index contributed by atoms with van der Waals surface area (Å²) in [5.74, 6) is -2.60. The second kappa shape index (κ2) is 18.4. The summed E-state index contributed by atoms with van der Waals surface area (Å²) in [4.78, 5) is 83.3. The highest BCUT2D eigenvalue weighted by molar-refractivity contribution is 6.31. The molecule has 3 aliphatic heterocycles. The van der Waals surface area contributed by atoms with Crippen molar-refractivity contribution in [3.63, 3.8) is 0 Å². The van der Waals surface area contributed by atoms with Crippen molar-refractivity contribution in [1.29, 1.82) is 0 Å². The Morgan fingerprint density at radius 1 is 0.944 bits per heavy atom. The van der Waals surface area contributed by atoms with Crippen LogP contribution in [0, 0.1) is 5.92 Å². The maximum absolute atomic E-state index is 14.0.